The number of nitrogens with zero attached hydrogens (tertiary/aromatic N) is 4. The molecule has 0 aliphatic carbocycles. The Kier molecular flexibility index (Phi) is 4.60. The van der Waals surface area contributed by atoms with Crippen molar-refractivity contribution in [2.75, 3.05) is 36.9 Å². The minimum absolute atomic E-state index is 0.289. The first-order chi connectivity index (χ1) is 8.69. The predicted octanol–water partition coefficient (Wildman–Crippen LogP) is 1.18. The molecule has 100 valence electrons. The maximum Gasteiger partial charge on any atom is 0.231 e. The van der Waals surface area contributed by atoms with Gasteiger partial charge in [-0.15, -0.1) is 0 Å². The quantitative estimate of drug-likeness (QED) is 0.822. The van der Waals surface area contributed by atoms with Crippen LogP contribution in [0.4, 0.5) is 11.9 Å². The Hall–Kier alpha value is -1.08. The van der Waals surface area contributed by atoms with E-state index in [4.69, 9.17) is 10.5 Å². The summed E-state index contributed by atoms with van der Waals surface area (Å²) in [6, 6.07) is 0. The van der Waals surface area contributed by atoms with Gasteiger partial charge in [0.15, 0.2) is 5.16 Å². The van der Waals surface area contributed by atoms with Crippen LogP contribution in [0.15, 0.2) is 5.16 Å². The average Bonchev–Trinajstić information content (AvgIpc) is 2.39. The van der Waals surface area contributed by atoms with Crippen molar-refractivity contribution in [1.82, 2.24) is 15.0 Å². The lowest BCUT2D eigenvalue weighted by molar-refractivity contribution is 0.122. The molecule has 0 bridgehead atoms. The van der Waals surface area contributed by atoms with E-state index in [1.54, 1.807) is 11.8 Å². The van der Waals surface area contributed by atoms with Gasteiger partial charge in [0.2, 0.25) is 11.9 Å². The number of aromatic nitrogens is 3. The molecule has 18 heavy (non-hydrogen) atoms. The Balaban J connectivity index is 2.14. The van der Waals surface area contributed by atoms with Crippen molar-refractivity contribution < 1.29 is 4.74 Å². The number of morpholine rings is 1. The summed E-state index contributed by atoms with van der Waals surface area (Å²) in [7, 11) is 0. The van der Waals surface area contributed by atoms with Gasteiger partial charge < -0.3 is 15.4 Å². The molecular weight excluding hydrogens is 250 g/mol. The molecule has 1 atom stereocenters. The molecule has 6 nitrogen and oxygen atoms in total. The Morgan fingerprint density at radius 3 is 2.72 bits per heavy atom. The Morgan fingerprint density at radius 2 is 2.06 bits per heavy atom. The van der Waals surface area contributed by atoms with E-state index >= 15 is 0 Å². The molecule has 2 N–H and O–H groups in total. The fourth-order valence-corrected chi connectivity index (χ4v) is 2.39. The molecule has 0 spiro atoms. The summed E-state index contributed by atoms with van der Waals surface area (Å²) in [6.07, 6.45) is 1.07. The normalized spacial score (nSPS) is 17.8. The SMILES string of the molecule is CCC(C)Sc1nc(N)nc(N2CCOCC2)n1. The zero-order valence-corrected chi connectivity index (χ0v) is 11.6. The second-order valence-corrected chi connectivity index (χ2v) is 5.62. The minimum Gasteiger partial charge on any atom is -0.378 e. The molecule has 1 unspecified atom stereocenters. The van der Waals surface area contributed by atoms with Gasteiger partial charge in [-0.05, 0) is 6.42 Å². The molecule has 1 fully saturated rings. The molecule has 1 aliphatic rings. The van der Waals surface area contributed by atoms with E-state index in [0.717, 1.165) is 19.5 Å². The van der Waals surface area contributed by atoms with Crippen LogP contribution in [0, 0.1) is 0 Å². The highest BCUT2D eigenvalue weighted by molar-refractivity contribution is 7.99. The van der Waals surface area contributed by atoms with Gasteiger partial charge >= 0.3 is 0 Å². The van der Waals surface area contributed by atoms with Gasteiger partial charge in [-0.1, -0.05) is 25.6 Å². The smallest absolute Gasteiger partial charge is 0.231 e. The minimum atomic E-state index is 0.289. The van der Waals surface area contributed by atoms with E-state index < -0.39 is 0 Å². The number of rotatable bonds is 4. The molecular formula is C11H19N5OS. The Bertz CT molecular complexity index is 397. The van der Waals surface area contributed by atoms with Crippen LogP contribution in [-0.4, -0.2) is 46.5 Å². The van der Waals surface area contributed by atoms with Crippen LogP contribution in [-0.2, 0) is 4.74 Å². The Labute approximate surface area is 111 Å². The highest BCUT2D eigenvalue weighted by Gasteiger charge is 2.16. The van der Waals surface area contributed by atoms with Gasteiger partial charge in [-0.25, -0.2) is 0 Å². The van der Waals surface area contributed by atoms with E-state index in [2.05, 4.69) is 33.7 Å². The monoisotopic (exact) mass is 269 g/mol. The fourth-order valence-electron chi connectivity index (χ4n) is 1.58. The average molecular weight is 269 g/mol. The van der Waals surface area contributed by atoms with Crippen LogP contribution in [0.5, 0.6) is 0 Å². The maximum absolute atomic E-state index is 5.75. The number of hydrogen-bond acceptors (Lipinski definition) is 7. The lowest BCUT2D eigenvalue weighted by Gasteiger charge is -2.26. The lowest BCUT2D eigenvalue weighted by atomic mass is 10.4. The second-order valence-electron chi connectivity index (χ2n) is 4.21. The van der Waals surface area contributed by atoms with E-state index in [1.807, 2.05) is 0 Å². The topological polar surface area (TPSA) is 77.2 Å². The summed E-state index contributed by atoms with van der Waals surface area (Å²) in [4.78, 5) is 14.9. The number of nitrogens with two attached hydrogens (primary N) is 1. The highest BCUT2D eigenvalue weighted by Crippen LogP contribution is 2.23. The molecule has 0 amide bonds. The van der Waals surface area contributed by atoms with E-state index in [0.29, 0.717) is 29.6 Å². The number of nitrogen functional groups attached to an aromatic ring is 1. The fraction of sp³-hybridized carbons (Fsp3) is 0.727. The standard InChI is InChI=1S/C11H19N5OS/c1-3-8(2)18-11-14-9(12)13-10(15-11)16-4-6-17-7-5-16/h8H,3-7H2,1-2H3,(H2,12,13,14,15). The van der Waals surface area contributed by atoms with Crippen molar-refractivity contribution in [3.8, 4) is 0 Å². The number of ether oxygens (including phenoxy) is 1. The maximum atomic E-state index is 5.75. The second kappa shape index (κ2) is 6.19. The summed E-state index contributed by atoms with van der Waals surface area (Å²) in [5.41, 5.74) is 5.75. The van der Waals surface area contributed by atoms with Crippen LogP contribution in [0.1, 0.15) is 20.3 Å². The van der Waals surface area contributed by atoms with Gasteiger partial charge in [0, 0.05) is 18.3 Å². The van der Waals surface area contributed by atoms with Crippen LogP contribution < -0.4 is 10.6 Å². The van der Waals surface area contributed by atoms with Crippen molar-refractivity contribution in [2.45, 2.75) is 30.7 Å². The lowest BCUT2D eigenvalue weighted by Crippen LogP contribution is -2.37. The van der Waals surface area contributed by atoms with E-state index in [9.17, 15) is 0 Å². The van der Waals surface area contributed by atoms with Crippen LogP contribution in [0.3, 0.4) is 0 Å². The summed E-state index contributed by atoms with van der Waals surface area (Å²) >= 11 is 1.64. The number of hydrogen-bond donors (Lipinski definition) is 1. The third-order valence-corrected chi connectivity index (χ3v) is 3.92. The van der Waals surface area contributed by atoms with Gasteiger partial charge in [0.05, 0.1) is 13.2 Å². The third kappa shape index (κ3) is 3.46. The molecule has 1 aromatic rings. The molecule has 1 aliphatic heterocycles. The molecule has 0 radical (unpaired) electrons. The summed E-state index contributed by atoms with van der Waals surface area (Å²) in [6.45, 7) is 7.32. The summed E-state index contributed by atoms with van der Waals surface area (Å²) < 4.78 is 5.31. The largest absolute Gasteiger partial charge is 0.378 e. The molecule has 7 heteroatoms. The van der Waals surface area contributed by atoms with E-state index in [-0.39, 0.29) is 5.95 Å². The molecule has 1 saturated heterocycles. The highest BCUT2D eigenvalue weighted by atomic mass is 32.2. The van der Waals surface area contributed by atoms with Crippen LogP contribution in [0.25, 0.3) is 0 Å². The van der Waals surface area contributed by atoms with E-state index in [1.165, 1.54) is 0 Å². The first-order valence-electron chi connectivity index (χ1n) is 6.20. The molecule has 1 aromatic heterocycles. The van der Waals surface area contributed by atoms with Crippen molar-refractivity contribution in [2.24, 2.45) is 0 Å². The third-order valence-electron chi connectivity index (χ3n) is 2.80. The Morgan fingerprint density at radius 1 is 1.33 bits per heavy atom. The van der Waals surface area contributed by atoms with Gasteiger partial charge in [-0.2, -0.15) is 15.0 Å². The molecule has 0 saturated carbocycles. The van der Waals surface area contributed by atoms with Crippen molar-refractivity contribution >= 4 is 23.7 Å². The molecule has 0 aromatic carbocycles. The predicted molar refractivity (Wildman–Crippen MR) is 72.9 cm³/mol. The van der Waals surface area contributed by atoms with Crippen molar-refractivity contribution in [3.63, 3.8) is 0 Å². The van der Waals surface area contributed by atoms with Crippen molar-refractivity contribution in [3.05, 3.63) is 0 Å². The van der Waals surface area contributed by atoms with Gasteiger partial charge in [0.1, 0.15) is 0 Å². The molecule has 2 rings (SSSR count). The van der Waals surface area contributed by atoms with Crippen LogP contribution >= 0.6 is 11.8 Å². The first kappa shape index (κ1) is 13.4. The molecule has 2 heterocycles. The zero-order valence-electron chi connectivity index (χ0n) is 10.8. The number of anilines is 2. The number of thioether (sulfide) groups is 1. The van der Waals surface area contributed by atoms with Gasteiger partial charge in [0.25, 0.3) is 0 Å². The van der Waals surface area contributed by atoms with Crippen molar-refractivity contribution in [1.29, 1.82) is 0 Å². The first-order valence-corrected chi connectivity index (χ1v) is 7.08. The van der Waals surface area contributed by atoms with Gasteiger partial charge in [-0.3, -0.25) is 0 Å². The van der Waals surface area contributed by atoms with Crippen LogP contribution in [0.2, 0.25) is 0 Å². The summed E-state index contributed by atoms with van der Waals surface area (Å²) in [5.74, 6) is 0.953. The zero-order chi connectivity index (χ0) is 13.0. The summed E-state index contributed by atoms with van der Waals surface area (Å²) in [5, 5.41) is 1.18.